The number of benzene rings is 2. The molecule has 51 heavy (non-hydrogen) atoms. The molecule has 3 N–H and O–H groups in total. The number of hydrogen-bond donors (Lipinski definition) is 2. The predicted molar refractivity (Wildman–Crippen MR) is 186 cm³/mol. The number of anilines is 2. The number of halogens is 3. The van der Waals surface area contributed by atoms with Crippen LogP contribution in [0.5, 0.6) is 6.01 Å². The fraction of sp³-hybridized carbons (Fsp3) is 0.412. The van der Waals surface area contributed by atoms with Gasteiger partial charge in [0.15, 0.2) is 11.5 Å². The summed E-state index contributed by atoms with van der Waals surface area (Å²) in [7, 11) is 0. The largest absolute Gasteiger partial charge is 0.461 e. The van der Waals surface area contributed by atoms with Crippen LogP contribution in [0.3, 0.4) is 0 Å². The lowest BCUT2D eigenvalue weighted by atomic mass is 9.91. The van der Waals surface area contributed by atoms with E-state index in [-0.39, 0.29) is 65.5 Å². The average molecular weight is 733 g/mol. The number of aromatic amines is 1. The second kappa shape index (κ2) is 11.9. The van der Waals surface area contributed by atoms with E-state index in [0.717, 1.165) is 50.1 Å². The topological polar surface area (TPSA) is 162 Å². The van der Waals surface area contributed by atoms with Crippen molar-refractivity contribution in [2.45, 2.75) is 36.8 Å². The summed E-state index contributed by atoms with van der Waals surface area (Å²) in [6, 6.07) is 6.29. The van der Waals surface area contributed by atoms with Gasteiger partial charge in [0.25, 0.3) is 5.91 Å². The quantitative estimate of drug-likeness (QED) is 0.248. The minimum Gasteiger partial charge on any atom is -0.461 e. The molecule has 5 aromatic rings. The number of nitrogen functional groups attached to an aromatic ring is 1. The van der Waals surface area contributed by atoms with Crippen molar-refractivity contribution in [2.24, 2.45) is 0 Å². The van der Waals surface area contributed by atoms with Crippen molar-refractivity contribution in [1.29, 1.82) is 5.26 Å². The summed E-state index contributed by atoms with van der Waals surface area (Å²) in [5.41, 5.74) is 5.74. The first kappa shape index (κ1) is 32.2. The summed E-state index contributed by atoms with van der Waals surface area (Å²) < 4.78 is 44.8. The van der Waals surface area contributed by atoms with E-state index < -0.39 is 17.2 Å². The van der Waals surface area contributed by atoms with Gasteiger partial charge in [-0.25, -0.2) is 8.78 Å². The molecule has 0 saturated carbocycles. The van der Waals surface area contributed by atoms with Crippen molar-refractivity contribution in [3.63, 3.8) is 0 Å². The zero-order valence-electron chi connectivity index (χ0n) is 27.2. The van der Waals surface area contributed by atoms with E-state index in [4.69, 9.17) is 31.8 Å². The highest BCUT2D eigenvalue weighted by Crippen LogP contribution is 2.46. The number of nitrogens with zero attached hydrogens (tertiary/aromatic N) is 8. The number of carbonyl (C=O) groups is 1. The van der Waals surface area contributed by atoms with E-state index in [0.29, 0.717) is 50.6 Å². The molecule has 0 unspecified atom stereocenters. The lowest BCUT2D eigenvalue weighted by molar-refractivity contribution is -0.135. The van der Waals surface area contributed by atoms with E-state index in [1.165, 1.54) is 18.3 Å². The fourth-order valence-corrected chi connectivity index (χ4v) is 9.60. The Kier molecular flexibility index (Phi) is 7.55. The van der Waals surface area contributed by atoms with Gasteiger partial charge in [0.2, 0.25) is 0 Å². The van der Waals surface area contributed by atoms with Gasteiger partial charge < -0.3 is 25.0 Å². The molecule has 1 amide bonds. The number of hydrogen-bond acceptors (Lipinski definition) is 12. The van der Waals surface area contributed by atoms with Crippen LogP contribution in [-0.2, 0) is 4.74 Å². The van der Waals surface area contributed by atoms with E-state index in [1.54, 1.807) is 11.0 Å². The van der Waals surface area contributed by atoms with Gasteiger partial charge in [0, 0.05) is 22.9 Å². The van der Waals surface area contributed by atoms with Crippen LogP contribution in [0.15, 0.2) is 24.4 Å². The molecule has 2 aromatic carbocycles. The monoisotopic (exact) mass is 732 g/mol. The van der Waals surface area contributed by atoms with Crippen LogP contribution >= 0.6 is 22.9 Å². The zero-order valence-corrected chi connectivity index (χ0v) is 28.8. The van der Waals surface area contributed by atoms with Crippen molar-refractivity contribution < 1.29 is 23.0 Å². The Balaban J connectivity index is 1.14. The van der Waals surface area contributed by atoms with Gasteiger partial charge >= 0.3 is 6.01 Å². The normalized spacial score (nSPS) is 19.5. The second-order valence-electron chi connectivity index (χ2n) is 13.7. The Bertz CT molecular complexity index is 2260. The third-order valence-electron chi connectivity index (χ3n) is 10.7. The Morgan fingerprint density at radius 2 is 1.98 bits per heavy atom. The number of nitrogens with one attached hydrogen (secondary N) is 1. The molecule has 4 aliphatic rings. The third-order valence-corrected chi connectivity index (χ3v) is 12.1. The third kappa shape index (κ3) is 5.08. The Morgan fingerprint density at radius 1 is 1.18 bits per heavy atom. The molecule has 17 heteroatoms. The number of thiophene rings is 1. The lowest BCUT2D eigenvalue weighted by Crippen LogP contribution is -2.71. The number of H-pyrrole nitrogens is 1. The number of rotatable bonds is 6. The van der Waals surface area contributed by atoms with Gasteiger partial charge in [-0.3, -0.25) is 9.69 Å². The van der Waals surface area contributed by atoms with E-state index in [2.05, 4.69) is 25.3 Å². The number of morpholine rings is 1. The van der Waals surface area contributed by atoms with Gasteiger partial charge in [-0.2, -0.15) is 30.6 Å². The van der Waals surface area contributed by atoms with Crippen molar-refractivity contribution >= 4 is 60.7 Å². The van der Waals surface area contributed by atoms with E-state index in [1.807, 2.05) is 11.0 Å². The Morgan fingerprint density at radius 3 is 2.73 bits per heavy atom. The van der Waals surface area contributed by atoms with Crippen LogP contribution in [0.1, 0.15) is 41.7 Å². The number of fused-ring (bicyclic) bond motifs is 3. The molecule has 0 radical (unpaired) electrons. The zero-order chi connectivity index (χ0) is 35.1. The van der Waals surface area contributed by atoms with Crippen molar-refractivity contribution in [2.75, 3.05) is 63.1 Å². The minimum absolute atomic E-state index is 0.0246. The van der Waals surface area contributed by atoms with E-state index >= 15 is 4.39 Å². The first-order valence-corrected chi connectivity index (χ1v) is 17.9. The first-order chi connectivity index (χ1) is 24.7. The number of aromatic nitrogens is 5. The van der Waals surface area contributed by atoms with Crippen molar-refractivity contribution in [3.05, 3.63) is 52.3 Å². The number of nitrogens with two attached hydrogens (primary N) is 1. The van der Waals surface area contributed by atoms with Gasteiger partial charge in [-0.1, -0.05) is 17.7 Å². The number of nitriles is 1. The molecule has 0 aliphatic carbocycles. The summed E-state index contributed by atoms with van der Waals surface area (Å²) in [5.74, 6) is -1.17. The number of likely N-dealkylation sites (tertiary alicyclic amines) is 1. The molecule has 9 rings (SSSR count). The summed E-state index contributed by atoms with van der Waals surface area (Å²) >= 11 is 7.83. The van der Waals surface area contributed by atoms with Gasteiger partial charge in [0.05, 0.1) is 53.3 Å². The summed E-state index contributed by atoms with van der Waals surface area (Å²) in [6.45, 7) is 4.17. The molecule has 0 bridgehead atoms. The number of amides is 1. The smallest absolute Gasteiger partial charge is 0.319 e. The molecular weight excluding hydrogens is 702 g/mol. The molecule has 4 aliphatic heterocycles. The molecule has 262 valence electrons. The number of ether oxygens (including phenoxy) is 2. The molecule has 4 fully saturated rings. The van der Waals surface area contributed by atoms with Crippen molar-refractivity contribution in [1.82, 2.24) is 35.2 Å². The highest BCUT2D eigenvalue weighted by atomic mass is 35.5. The second-order valence-corrected chi connectivity index (χ2v) is 15.2. The van der Waals surface area contributed by atoms with Gasteiger partial charge in [-0.05, 0) is 56.5 Å². The molecule has 3 aromatic heterocycles. The average Bonchev–Trinajstić information content (AvgIpc) is 3.92. The molecule has 1 spiro atoms. The summed E-state index contributed by atoms with van der Waals surface area (Å²) in [5, 5.41) is 20.7. The molecule has 13 nitrogen and oxygen atoms in total. The highest BCUT2D eigenvalue weighted by molar-refractivity contribution is 7.23. The van der Waals surface area contributed by atoms with Crippen LogP contribution in [-0.4, -0.2) is 105 Å². The Labute approximate surface area is 298 Å². The maximum Gasteiger partial charge on any atom is 0.319 e. The number of carbonyl (C=O) groups excluding carboxylic acids is 1. The summed E-state index contributed by atoms with van der Waals surface area (Å²) in [4.78, 5) is 28.5. The van der Waals surface area contributed by atoms with E-state index in [9.17, 15) is 14.4 Å². The fourth-order valence-electron chi connectivity index (χ4n) is 8.36. The maximum absolute atomic E-state index is 17.1. The van der Waals surface area contributed by atoms with Gasteiger partial charge in [0.1, 0.15) is 40.4 Å². The first-order valence-electron chi connectivity index (χ1n) is 16.7. The molecule has 7 heterocycles. The van der Waals surface area contributed by atoms with Gasteiger partial charge in [-0.15, -0.1) is 11.3 Å². The molecule has 4 saturated heterocycles. The van der Waals surface area contributed by atoms with Crippen LogP contribution in [0, 0.1) is 23.0 Å². The van der Waals surface area contributed by atoms with Crippen molar-refractivity contribution in [3.8, 4) is 23.2 Å². The standard InChI is InChI=1S/C34H31ClF2N10O3S/c35-21-11-19-27(26(37)25(21)18-3-4-22(36)28-24(18)20(12-38)29(39)51-28)41-32(49-17-33-5-1-7-47(33)8-2-6-33)42-30(19)45-9-10-50-34(14-45)15-46(16-34)31(48)23-13-40-44-43-23/h3-4,11,13H,1-2,5-10,14-17,39H2,(H,40,43,44). The SMILES string of the molecule is N#Cc1c(N)sc2c(F)ccc(-c3c(Cl)cc4c(N5CCOC6(CN(C(=O)c7cn[nH]n7)C6)C5)nc(OCC56CCCN5CCC6)nc4c3F)c12. The van der Waals surface area contributed by atoms with Crippen LogP contribution in [0.4, 0.5) is 19.6 Å². The maximum atomic E-state index is 17.1. The highest BCUT2D eigenvalue weighted by Gasteiger charge is 2.50. The Hall–Kier alpha value is -4.69. The van der Waals surface area contributed by atoms with Crippen LogP contribution in [0.25, 0.3) is 32.1 Å². The summed E-state index contributed by atoms with van der Waals surface area (Å²) in [6.07, 6.45) is 5.55. The molecular formula is C34H31ClF2N10O3S. The lowest BCUT2D eigenvalue weighted by Gasteiger charge is -2.53. The van der Waals surface area contributed by atoms with Crippen LogP contribution in [0.2, 0.25) is 5.02 Å². The van der Waals surface area contributed by atoms with Crippen LogP contribution < -0.4 is 15.4 Å². The molecule has 0 atom stereocenters. The minimum atomic E-state index is -0.759. The predicted octanol–water partition coefficient (Wildman–Crippen LogP) is 4.75.